The van der Waals surface area contributed by atoms with Gasteiger partial charge in [0.15, 0.2) is 0 Å². The molecule has 2 rings (SSSR count). The molecule has 0 aromatic heterocycles. The second-order valence-corrected chi connectivity index (χ2v) is 6.14. The van der Waals surface area contributed by atoms with Gasteiger partial charge in [-0.25, -0.2) is 0 Å². The number of ether oxygens (including phenoxy) is 1. The van der Waals surface area contributed by atoms with E-state index in [1.807, 2.05) is 7.11 Å². The van der Waals surface area contributed by atoms with Crippen molar-refractivity contribution < 1.29 is 4.74 Å². The monoisotopic (exact) mass is 261 g/mol. The van der Waals surface area contributed by atoms with E-state index in [1.54, 1.807) is 0 Å². The van der Waals surface area contributed by atoms with Crippen molar-refractivity contribution in [1.82, 2.24) is 0 Å². The van der Waals surface area contributed by atoms with Crippen LogP contribution >= 0.6 is 0 Å². The molecule has 1 aromatic rings. The normalized spacial score (nSPS) is 20.2. The number of benzene rings is 1. The minimum atomic E-state index is -0.101. The van der Waals surface area contributed by atoms with E-state index in [2.05, 4.69) is 32.0 Å². The molecular formula is C17H27NO. The van der Waals surface area contributed by atoms with Gasteiger partial charge >= 0.3 is 0 Å². The maximum Gasteiger partial charge on any atom is 0.0832 e. The standard InChI is InChI=1S/C17H27NO/c1-13-9-14(2)11-15(10-13)12-16(18)17(19-3)7-5-4-6-8-17/h9-11,16H,4-8,12,18H2,1-3H3. The summed E-state index contributed by atoms with van der Waals surface area (Å²) in [7, 11) is 1.83. The molecule has 1 fully saturated rings. The van der Waals surface area contributed by atoms with E-state index >= 15 is 0 Å². The molecule has 0 bridgehead atoms. The topological polar surface area (TPSA) is 35.2 Å². The smallest absolute Gasteiger partial charge is 0.0832 e. The molecule has 19 heavy (non-hydrogen) atoms. The summed E-state index contributed by atoms with van der Waals surface area (Å²) in [5.74, 6) is 0. The van der Waals surface area contributed by atoms with Gasteiger partial charge in [0.2, 0.25) is 0 Å². The molecule has 1 aromatic carbocycles. The summed E-state index contributed by atoms with van der Waals surface area (Å²) in [5.41, 5.74) is 10.4. The van der Waals surface area contributed by atoms with Gasteiger partial charge in [-0.15, -0.1) is 0 Å². The molecule has 1 aliphatic carbocycles. The van der Waals surface area contributed by atoms with Crippen molar-refractivity contribution in [2.75, 3.05) is 7.11 Å². The summed E-state index contributed by atoms with van der Waals surface area (Å²) in [6, 6.07) is 6.80. The predicted molar refractivity (Wildman–Crippen MR) is 80.4 cm³/mol. The largest absolute Gasteiger partial charge is 0.377 e. The molecule has 1 saturated carbocycles. The van der Waals surface area contributed by atoms with Gasteiger partial charge in [-0.05, 0) is 38.7 Å². The van der Waals surface area contributed by atoms with E-state index in [4.69, 9.17) is 10.5 Å². The Balaban J connectivity index is 2.12. The summed E-state index contributed by atoms with van der Waals surface area (Å²) in [6.45, 7) is 4.30. The van der Waals surface area contributed by atoms with Crippen molar-refractivity contribution in [2.45, 2.75) is 64.0 Å². The zero-order chi connectivity index (χ0) is 13.9. The highest BCUT2D eigenvalue weighted by molar-refractivity contribution is 5.29. The fourth-order valence-corrected chi connectivity index (χ4v) is 3.50. The highest BCUT2D eigenvalue weighted by atomic mass is 16.5. The van der Waals surface area contributed by atoms with Gasteiger partial charge in [-0.3, -0.25) is 0 Å². The first-order valence-electron chi connectivity index (χ1n) is 7.44. The molecule has 2 nitrogen and oxygen atoms in total. The Labute approximate surface area is 117 Å². The molecule has 0 spiro atoms. The number of hydrogen-bond donors (Lipinski definition) is 1. The Hall–Kier alpha value is -0.860. The number of aryl methyl sites for hydroxylation is 2. The molecule has 2 heteroatoms. The Kier molecular flexibility index (Phi) is 4.64. The lowest BCUT2D eigenvalue weighted by atomic mass is 9.77. The zero-order valence-corrected chi connectivity index (χ0v) is 12.5. The minimum Gasteiger partial charge on any atom is -0.377 e. The first-order chi connectivity index (χ1) is 9.05. The van der Waals surface area contributed by atoms with E-state index in [9.17, 15) is 0 Å². The Bertz CT molecular complexity index is 401. The van der Waals surface area contributed by atoms with Crippen molar-refractivity contribution in [3.63, 3.8) is 0 Å². The molecule has 1 atom stereocenters. The Morgan fingerprint density at radius 3 is 2.21 bits per heavy atom. The number of hydrogen-bond acceptors (Lipinski definition) is 2. The van der Waals surface area contributed by atoms with Crippen LogP contribution in [0.3, 0.4) is 0 Å². The van der Waals surface area contributed by atoms with Gasteiger partial charge in [0.05, 0.1) is 5.60 Å². The molecule has 2 N–H and O–H groups in total. The Morgan fingerprint density at radius 1 is 1.11 bits per heavy atom. The van der Waals surface area contributed by atoms with Crippen LogP contribution in [0.15, 0.2) is 18.2 Å². The third kappa shape index (κ3) is 3.37. The summed E-state index contributed by atoms with van der Waals surface area (Å²) < 4.78 is 5.85. The van der Waals surface area contributed by atoms with Crippen molar-refractivity contribution in [2.24, 2.45) is 5.73 Å². The third-order valence-electron chi connectivity index (χ3n) is 4.52. The zero-order valence-electron chi connectivity index (χ0n) is 12.5. The fourth-order valence-electron chi connectivity index (χ4n) is 3.50. The van der Waals surface area contributed by atoms with Crippen LogP contribution in [-0.2, 0) is 11.2 Å². The van der Waals surface area contributed by atoms with Crippen molar-refractivity contribution in [3.8, 4) is 0 Å². The van der Waals surface area contributed by atoms with Crippen LogP contribution in [0.4, 0.5) is 0 Å². The molecule has 0 heterocycles. The van der Waals surface area contributed by atoms with E-state index in [0.717, 1.165) is 19.3 Å². The summed E-state index contributed by atoms with van der Waals surface area (Å²) in [4.78, 5) is 0. The molecular weight excluding hydrogens is 234 g/mol. The van der Waals surface area contributed by atoms with E-state index in [1.165, 1.54) is 36.0 Å². The summed E-state index contributed by atoms with van der Waals surface area (Å²) in [5, 5.41) is 0. The highest BCUT2D eigenvalue weighted by Gasteiger charge is 2.37. The van der Waals surface area contributed by atoms with Crippen molar-refractivity contribution in [3.05, 3.63) is 34.9 Å². The maximum atomic E-state index is 6.50. The van der Waals surface area contributed by atoms with Crippen LogP contribution in [0.1, 0.15) is 48.8 Å². The van der Waals surface area contributed by atoms with Gasteiger partial charge in [-0.1, -0.05) is 48.6 Å². The average molecular weight is 261 g/mol. The van der Waals surface area contributed by atoms with Crippen LogP contribution in [0, 0.1) is 13.8 Å². The van der Waals surface area contributed by atoms with Crippen LogP contribution in [-0.4, -0.2) is 18.8 Å². The first kappa shape index (κ1) is 14.5. The van der Waals surface area contributed by atoms with Crippen LogP contribution < -0.4 is 5.73 Å². The number of nitrogens with two attached hydrogens (primary N) is 1. The van der Waals surface area contributed by atoms with Gasteiger partial charge in [0.25, 0.3) is 0 Å². The van der Waals surface area contributed by atoms with Gasteiger partial charge in [0, 0.05) is 13.2 Å². The average Bonchev–Trinajstić information content (AvgIpc) is 2.38. The van der Waals surface area contributed by atoms with Gasteiger partial charge in [-0.2, -0.15) is 0 Å². The predicted octanol–water partition coefficient (Wildman–Crippen LogP) is 3.52. The number of rotatable bonds is 4. The van der Waals surface area contributed by atoms with Crippen molar-refractivity contribution in [1.29, 1.82) is 0 Å². The van der Waals surface area contributed by atoms with E-state index in [0.29, 0.717) is 0 Å². The lowest BCUT2D eigenvalue weighted by molar-refractivity contribution is -0.0582. The minimum absolute atomic E-state index is 0.0963. The maximum absolute atomic E-state index is 6.50. The lowest BCUT2D eigenvalue weighted by Crippen LogP contribution is -2.51. The molecule has 1 aliphatic rings. The van der Waals surface area contributed by atoms with Gasteiger partial charge < -0.3 is 10.5 Å². The van der Waals surface area contributed by atoms with Crippen LogP contribution in [0.5, 0.6) is 0 Å². The molecule has 0 aliphatic heterocycles. The van der Waals surface area contributed by atoms with Crippen LogP contribution in [0.2, 0.25) is 0 Å². The molecule has 0 radical (unpaired) electrons. The molecule has 106 valence electrons. The number of methoxy groups -OCH3 is 1. The van der Waals surface area contributed by atoms with E-state index < -0.39 is 0 Å². The lowest BCUT2D eigenvalue weighted by Gasteiger charge is -2.41. The molecule has 1 unspecified atom stereocenters. The summed E-state index contributed by atoms with van der Waals surface area (Å²) in [6.07, 6.45) is 6.94. The quantitative estimate of drug-likeness (QED) is 0.900. The third-order valence-corrected chi connectivity index (χ3v) is 4.52. The van der Waals surface area contributed by atoms with Gasteiger partial charge in [0.1, 0.15) is 0 Å². The molecule has 0 amide bonds. The van der Waals surface area contributed by atoms with E-state index in [-0.39, 0.29) is 11.6 Å². The van der Waals surface area contributed by atoms with Crippen molar-refractivity contribution >= 4 is 0 Å². The second kappa shape index (κ2) is 6.06. The highest BCUT2D eigenvalue weighted by Crippen LogP contribution is 2.34. The first-order valence-corrected chi connectivity index (χ1v) is 7.44. The fraction of sp³-hybridized carbons (Fsp3) is 0.647. The van der Waals surface area contributed by atoms with Crippen LogP contribution in [0.25, 0.3) is 0 Å². The Morgan fingerprint density at radius 2 is 1.68 bits per heavy atom. The second-order valence-electron chi connectivity index (χ2n) is 6.14. The summed E-state index contributed by atoms with van der Waals surface area (Å²) >= 11 is 0. The molecule has 0 saturated heterocycles. The SMILES string of the molecule is COC1(C(N)Cc2cc(C)cc(C)c2)CCCCC1.